The molecule has 524 valence electrons. The van der Waals surface area contributed by atoms with Gasteiger partial charge < -0.3 is 55.1 Å². The highest BCUT2D eigenvalue weighted by atomic mass is 35.5. The number of nitriles is 1. The zero-order valence-corrected chi connectivity index (χ0v) is 58.2. The lowest BCUT2D eigenvalue weighted by Gasteiger charge is -2.41. The van der Waals surface area contributed by atoms with E-state index in [1.807, 2.05) is 20.8 Å². The topological polar surface area (TPSA) is 274 Å². The normalized spacial score (nSPS) is 30.7. The van der Waals surface area contributed by atoms with Crippen molar-refractivity contribution in [2.75, 3.05) is 75.5 Å². The minimum Gasteiger partial charge on any atom is -0.343 e. The van der Waals surface area contributed by atoms with E-state index >= 15 is 9.59 Å². The smallest absolute Gasteiger partial charge is 0.343 e. The first-order valence-electron chi connectivity index (χ1n) is 33.6. The molecule has 5 rings (SSSR count). The fraction of sp³-hybridized carbons (Fsp3) is 0.818. The number of fused-ring (bicyclic) bond motifs is 1. The minimum absolute atomic E-state index is 0.00190. The predicted molar refractivity (Wildman–Crippen MR) is 343 cm³/mol. The van der Waals surface area contributed by atoms with Crippen molar-refractivity contribution in [2.24, 2.45) is 41.4 Å². The molecule has 0 radical (unpaired) electrons. The Hall–Kier alpha value is -6.26. The number of likely N-dealkylation sites (N-methyl/N-ethyl adjacent to an activating group) is 7. The second-order valence-corrected chi connectivity index (χ2v) is 28.9. The van der Waals surface area contributed by atoms with E-state index in [4.69, 9.17) is 11.6 Å². The monoisotopic (exact) mass is 1330 g/mol. The van der Waals surface area contributed by atoms with Crippen LogP contribution >= 0.6 is 11.6 Å². The van der Waals surface area contributed by atoms with E-state index in [1.54, 1.807) is 27.7 Å². The van der Waals surface area contributed by atoms with E-state index in [2.05, 4.69) is 22.0 Å². The van der Waals surface area contributed by atoms with E-state index in [0.29, 0.717) is 51.4 Å². The lowest BCUT2D eigenvalue weighted by molar-refractivity contribution is -0.182. The Kier molecular flexibility index (Phi) is 28.2. The van der Waals surface area contributed by atoms with Crippen LogP contribution in [-0.2, 0) is 52.7 Å². The first-order chi connectivity index (χ1) is 43.5. The summed E-state index contributed by atoms with van der Waals surface area (Å²) in [5.74, 6) is -10.1. The highest BCUT2D eigenvalue weighted by Crippen LogP contribution is 2.44. The summed E-state index contributed by atoms with van der Waals surface area (Å²) >= 11 is 6.36. The fourth-order valence-electron chi connectivity index (χ4n) is 14.3. The van der Waals surface area contributed by atoms with Gasteiger partial charge in [-0.25, -0.2) is 0 Å². The number of halogens is 4. The van der Waals surface area contributed by atoms with Crippen molar-refractivity contribution in [3.05, 3.63) is 0 Å². The summed E-state index contributed by atoms with van der Waals surface area (Å²) in [5, 5.41) is 17.2. The van der Waals surface area contributed by atoms with Crippen LogP contribution in [0.2, 0.25) is 0 Å². The number of carbonyl (C=O) groups is 11. The first-order valence-corrected chi connectivity index (χ1v) is 34.0. The average molecular weight is 1340 g/mol. The van der Waals surface area contributed by atoms with Gasteiger partial charge >= 0.3 is 6.18 Å². The summed E-state index contributed by atoms with van der Waals surface area (Å²) in [4.78, 5) is 171. The fourth-order valence-corrected chi connectivity index (χ4v) is 14.8. The number of alkyl halides is 4. The van der Waals surface area contributed by atoms with Crippen LogP contribution in [0.15, 0.2) is 0 Å². The summed E-state index contributed by atoms with van der Waals surface area (Å²) in [6.45, 7) is 11.0. The predicted octanol–water partition coefficient (Wildman–Crippen LogP) is 5.32. The standard InChI is InChI=1S/C66H106ClF3N12O11/c1-15-41(6)56-62(91)77(10)37-54(85)75(8)38-55(86)80(13)51(34-44-20-22-45(35-71)23-21-44)61(90)76(9)36-52(83)72-48(27-25-43-24-26-46(47(67)33-43)66(68,69)70)60(89)82-30-18-19-49(82)59(88)74-65(28-16-17-29-65)64(93)81(14)57(40(4)5)63(92)78(11)42(7)32-53(84)79(12)50(31-39(2)3)58(87)73-56/h39-51,56-57H,15-34,36-38H2,1-14H3,(H,72,83)(H,73,87)(H,74,88)/t41-,42+,43?,44?,45?,46?,47?,48-,49-,50-,51-,56-,57-/m0/s1. The van der Waals surface area contributed by atoms with E-state index in [-0.39, 0.29) is 101 Å². The Morgan fingerprint density at radius 3 is 1.81 bits per heavy atom. The molecule has 93 heavy (non-hydrogen) atoms. The van der Waals surface area contributed by atoms with Gasteiger partial charge in [0.25, 0.3) is 0 Å². The van der Waals surface area contributed by atoms with Crippen molar-refractivity contribution in [3.63, 3.8) is 0 Å². The molecule has 1 spiro atoms. The van der Waals surface area contributed by atoms with Gasteiger partial charge in [0.15, 0.2) is 0 Å². The maximum Gasteiger partial charge on any atom is 0.393 e. The molecule has 0 aromatic rings. The molecule has 3 saturated carbocycles. The number of hydrogen-bond donors (Lipinski definition) is 3. The number of nitrogens with one attached hydrogen (secondary N) is 3. The SMILES string of the molecule is CC[C@H](C)[C@@H]1NC(=O)[C@H](CC(C)C)N(C)C(=O)C[C@@H](C)N(C)C(=O)[C@H](C(C)C)N(C)C(=O)C2(CCCC2)NC(=O)[C@@H]2CCCN2C(=O)[C@H](CCC2CCC(C(F)(F)F)C(Cl)C2)NC(=O)CN(C)C(=O)[C@H](CC2CCC(C#N)CC2)N(C)C(=O)CN(C)C(=O)CN(C)C1=O. The van der Waals surface area contributed by atoms with E-state index in [1.165, 1.54) is 73.8 Å². The van der Waals surface area contributed by atoms with Crippen LogP contribution in [0.5, 0.6) is 0 Å². The molecule has 2 aliphatic heterocycles. The third-order valence-electron chi connectivity index (χ3n) is 20.6. The Balaban J connectivity index is 1.55. The molecule has 3 unspecified atom stereocenters. The highest BCUT2D eigenvalue weighted by Gasteiger charge is 2.51. The van der Waals surface area contributed by atoms with Crippen LogP contribution in [0.3, 0.4) is 0 Å². The largest absolute Gasteiger partial charge is 0.393 e. The van der Waals surface area contributed by atoms with Gasteiger partial charge in [0, 0.05) is 79.6 Å². The first kappa shape index (κ1) is 77.4. The van der Waals surface area contributed by atoms with Gasteiger partial charge in [0.05, 0.1) is 31.6 Å². The molecule has 11 amide bonds. The van der Waals surface area contributed by atoms with Crippen LogP contribution < -0.4 is 16.0 Å². The Morgan fingerprint density at radius 2 is 1.24 bits per heavy atom. The third kappa shape index (κ3) is 19.9. The van der Waals surface area contributed by atoms with Crippen molar-refractivity contribution in [1.82, 2.24) is 55.1 Å². The van der Waals surface area contributed by atoms with Crippen LogP contribution in [0.25, 0.3) is 0 Å². The van der Waals surface area contributed by atoms with Crippen LogP contribution in [0.4, 0.5) is 13.2 Å². The number of rotatable bonds is 10. The van der Waals surface area contributed by atoms with Gasteiger partial charge in [-0.05, 0) is 133 Å². The number of amides is 11. The summed E-state index contributed by atoms with van der Waals surface area (Å²) < 4.78 is 41.8. The lowest BCUT2D eigenvalue weighted by Crippen LogP contribution is -2.64. The van der Waals surface area contributed by atoms with Gasteiger partial charge in [-0.3, -0.25) is 52.7 Å². The molecule has 0 aromatic heterocycles. The second-order valence-electron chi connectivity index (χ2n) is 28.4. The molecule has 23 nitrogen and oxygen atoms in total. The summed E-state index contributed by atoms with van der Waals surface area (Å²) in [5.41, 5.74) is -1.49. The molecular weight excluding hydrogens is 1230 g/mol. The summed E-state index contributed by atoms with van der Waals surface area (Å²) in [6, 6.07) is -5.40. The quantitative estimate of drug-likeness (QED) is 0.235. The van der Waals surface area contributed by atoms with Gasteiger partial charge in [0.2, 0.25) is 65.0 Å². The minimum atomic E-state index is -4.51. The van der Waals surface area contributed by atoms with Crippen molar-refractivity contribution < 1.29 is 65.9 Å². The molecule has 0 aromatic carbocycles. The van der Waals surface area contributed by atoms with Crippen LogP contribution in [0.1, 0.15) is 170 Å². The van der Waals surface area contributed by atoms with E-state index in [0.717, 1.165) is 14.7 Å². The molecular formula is C66H106ClF3N12O11. The van der Waals surface area contributed by atoms with Crippen molar-refractivity contribution in [2.45, 2.75) is 230 Å². The third-order valence-corrected chi connectivity index (χ3v) is 21.1. The van der Waals surface area contributed by atoms with E-state index in [9.17, 15) is 61.6 Å². The number of hydrogen-bond acceptors (Lipinski definition) is 12. The molecule has 0 bridgehead atoms. The van der Waals surface area contributed by atoms with Gasteiger partial charge in [0.1, 0.15) is 41.8 Å². The van der Waals surface area contributed by atoms with Crippen molar-refractivity contribution >= 4 is 76.6 Å². The molecule has 27 heteroatoms. The van der Waals surface area contributed by atoms with Crippen LogP contribution in [0, 0.1) is 52.8 Å². The second kappa shape index (κ2) is 33.9. The number of carbonyl (C=O) groups excluding carboxylic acids is 11. The van der Waals surface area contributed by atoms with Crippen molar-refractivity contribution in [1.29, 1.82) is 5.26 Å². The molecule has 5 fully saturated rings. The molecule has 5 aliphatic rings. The lowest BCUT2D eigenvalue weighted by atomic mass is 9.78. The Labute approximate surface area is 553 Å². The maximum atomic E-state index is 15.1. The Bertz CT molecular complexity index is 2720. The van der Waals surface area contributed by atoms with Gasteiger partial charge in [-0.1, -0.05) is 60.8 Å². The Morgan fingerprint density at radius 1 is 0.645 bits per heavy atom. The maximum absolute atomic E-state index is 15.1. The summed E-state index contributed by atoms with van der Waals surface area (Å²) in [7, 11) is 10.0. The zero-order chi connectivity index (χ0) is 69.7. The molecule has 2 heterocycles. The molecule has 2 saturated heterocycles. The van der Waals surface area contributed by atoms with E-state index < -0.39 is 162 Å². The number of nitrogens with zero attached hydrogens (tertiary/aromatic N) is 9. The van der Waals surface area contributed by atoms with Crippen LogP contribution in [-0.4, -0.2) is 239 Å². The van der Waals surface area contributed by atoms with Gasteiger partial charge in [-0.15, -0.1) is 11.6 Å². The highest BCUT2D eigenvalue weighted by molar-refractivity contribution is 6.20. The summed E-state index contributed by atoms with van der Waals surface area (Å²) in [6.07, 6.45) is 0.429. The molecule has 3 N–H and O–H groups in total. The molecule has 11 atom stereocenters. The van der Waals surface area contributed by atoms with Crippen molar-refractivity contribution in [3.8, 4) is 6.07 Å². The average Bonchev–Trinajstić information content (AvgIpc) is 1.79. The molecule has 3 aliphatic carbocycles. The zero-order valence-electron chi connectivity index (χ0n) is 57.5. The van der Waals surface area contributed by atoms with Gasteiger partial charge in [-0.2, -0.15) is 18.4 Å².